The molecule has 0 unspecified atom stereocenters. The fraction of sp³-hybridized carbons (Fsp3) is 0.306. The summed E-state index contributed by atoms with van der Waals surface area (Å²) in [5, 5.41) is 11.0. The van der Waals surface area contributed by atoms with Gasteiger partial charge in [0.05, 0.1) is 17.1 Å². The zero-order chi connectivity index (χ0) is 37.7. The van der Waals surface area contributed by atoms with Crippen LogP contribution in [0.25, 0.3) is 56.0 Å². The second-order valence-electron chi connectivity index (χ2n) is 17.6. The van der Waals surface area contributed by atoms with Crippen LogP contribution in [0, 0.1) is 20.8 Å². The third-order valence-electron chi connectivity index (χ3n) is 10.1. The number of aromatic hydroxyl groups is 1. The summed E-state index contributed by atoms with van der Waals surface area (Å²) in [6.07, 6.45) is 0. The molecule has 0 atom stereocenters. The number of pyridine rings is 2. The number of hydrogen-bond acceptors (Lipinski definition) is 3. The molecule has 0 aliphatic rings. The lowest BCUT2D eigenvalue weighted by Gasteiger charge is -2.26. The molecule has 0 bridgehead atoms. The molecule has 0 amide bonds. The summed E-state index contributed by atoms with van der Waals surface area (Å²) in [5.74, 6) is 0.211. The highest BCUT2D eigenvalue weighted by molar-refractivity contribution is 5.81. The van der Waals surface area contributed by atoms with Gasteiger partial charge in [-0.05, 0) is 130 Å². The third kappa shape index (κ3) is 7.75. The van der Waals surface area contributed by atoms with Crippen molar-refractivity contribution < 1.29 is 5.11 Å². The maximum absolute atomic E-state index is 11.0. The Morgan fingerprint density at radius 2 is 0.904 bits per heavy atom. The van der Waals surface area contributed by atoms with Gasteiger partial charge in [0.2, 0.25) is 0 Å². The molecule has 0 saturated carbocycles. The summed E-state index contributed by atoms with van der Waals surface area (Å²) in [5.41, 5.74) is 17.4. The smallest absolute Gasteiger partial charge is 0.124 e. The first-order chi connectivity index (χ1) is 24.3. The Bertz CT molecular complexity index is 2230. The standard InChI is InChI=1S/C49H54N2O/c1-30-20-38(47(4,5)6)21-31(2)46(30)37-22-32(3)50-42(28-37)33-16-15-17-34(23-33)43-26-36(27-44(51-43)41-18-13-14-19-45(41)52)35-24-39(48(7,8)9)29-40(25-35)49(10,11)12/h13-29,52H,1-12H3. The largest absolute Gasteiger partial charge is 0.507 e. The van der Waals surface area contributed by atoms with E-state index in [0.29, 0.717) is 5.56 Å². The molecular formula is C49H54N2O. The molecule has 52 heavy (non-hydrogen) atoms. The van der Waals surface area contributed by atoms with Gasteiger partial charge in [-0.3, -0.25) is 4.98 Å². The SMILES string of the molecule is Cc1cc(-c2c(C)cc(C(C)(C)C)cc2C)cc(-c2cccc(-c3cc(-c4cc(C(C)(C)C)cc(C(C)(C)C)c4)cc(-c4ccccc4O)n3)c2)n1. The summed E-state index contributed by atoms with van der Waals surface area (Å²) >= 11 is 0. The van der Waals surface area contributed by atoms with Crippen LogP contribution in [0.4, 0.5) is 0 Å². The van der Waals surface area contributed by atoms with Crippen LogP contribution in [-0.2, 0) is 16.2 Å². The highest BCUT2D eigenvalue weighted by Gasteiger charge is 2.22. The summed E-state index contributed by atoms with van der Waals surface area (Å²) < 4.78 is 0. The van der Waals surface area contributed by atoms with E-state index in [0.717, 1.165) is 45.0 Å². The molecule has 0 aliphatic heterocycles. The van der Waals surface area contributed by atoms with Crippen molar-refractivity contribution in [2.45, 2.75) is 99.3 Å². The first-order valence-electron chi connectivity index (χ1n) is 18.5. The predicted molar refractivity (Wildman–Crippen MR) is 221 cm³/mol. The maximum Gasteiger partial charge on any atom is 0.124 e. The van der Waals surface area contributed by atoms with Crippen molar-refractivity contribution in [2.24, 2.45) is 0 Å². The number of phenolic OH excluding ortho intramolecular Hbond substituents is 1. The van der Waals surface area contributed by atoms with Crippen LogP contribution in [-0.4, -0.2) is 15.1 Å². The Balaban J connectivity index is 1.52. The Kier molecular flexibility index (Phi) is 9.55. The van der Waals surface area contributed by atoms with E-state index < -0.39 is 0 Å². The fourth-order valence-corrected chi connectivity index (χ4v) is 6.98. The molecule has 2 aromatic heterocycles. The molecule has 2 heterocycles. The zero-order valence-corrected chi connectivity index (χ0v) is 33.2. The normalized spacial score (nSPS) is 12.3. The predicted octanol–water partition coefficient (Wildman–Crippen LogP) is 13.3. The molecule has 3 nitrogen and oxygen atoms in total. The van der Waals surface area contributed by atoms with Crippen LogP contribution < -0.4 is 0 Å². The number of phenols is 1. The van der Waals surface area contributed by atoms with Gasteiger partial charge in [-0.1, -0.05) is 123 Å². The van der Waals surface area contributed by atoms with Crippen LogP contribution in [0.1, 0.15) is 95.8 Å². The molecule has 6 aromatic rings. The van der Waals surface area contributed by atoms with Crippen LogP contribution in [0.3, 0.4) is 0 Å². The number of aryl methyl sites for hydroxylation is 3. The molecule has 0 radical (unpaired) electrons. The van der Waals surface area contributed by atoms with Gasteiger partial charge in [-0.2, -0.15) is 0 Å². The van der Waals surface area contributed by atoms with Crippen molar-refractivity contribution in [3.63, 3.8) is 0 Å². The second kappa shape index (κ2) is 13.5. The summed E-state index contributed by atoms with van der Waals surface area (Å²) in [4.78, 5) is 10.2. The van der Waals surface area contributed by atoms with Crippen molar-refractivity contribution in [1.82, 2.24) is 9.97 Å². The number of hydrogen-bond donors (Lipinski definition) is 1. The van der Waals surface area contributed by atoms with Gasteiger partial charge in [0.25, 0.3) is 0 Å². The maximum atomic E-state index is 11.0. The summed E-state index contributed by atoms with van der Waals surface area (Å²) in [6, 6.07) is 36.4. The second-order valence-corrected chi connectivity index (χ2v) is 17.6. The molecule has 3 heteroatoms. The van der Waals surface area contributed by atoms with Crippen molar-refractivity contribution in [1.29, 1.82) is 0 Å². The summed E-state index contributed by atoms with van der Waals surface area (Å²) in [7, 11) is 0. The van der Waals surface area contributed by atoms with Gasteiger partial charge in [0.15, 0.2) is 0 Å². The van der Waals surface area contributed by atoms with Gasteiger partial charge in [0, 0.05) is 22.4 Å². The van der Waals surface area contributed by atoms with E-state index in [1.165, 1.54) is 38.9 Å². The minimum Gasteiger partial charge on any atom is -0.507 e. The molecule has 0 spiro atoms. The topological polar surface area (TPSA) is 46.0 Å². The van der Waals surface area contributed by atoms with Gasteiger partial charge in [-0.25, -0.2) is 4.98 Å². The van der Waals surface area contributed by atoms with E-state index in [1.807, 2.05) is 18.2 Å². The molecule has 4 aromatic carbocycles. The number of para-hydroxylation sites is 1. The number of aromatic nitrogens is 2. The van der Waals surface area contributed by atoms with Gasteiger partial charge in [0.1, 0.15) is 5.75 Å². The van der Waals surface area contributed by atoms with Crippen LogP contribution in [0.5, 0.6) is 5.75 Å². The lowest BCUT2D eigenvalue weighted by Crippen LogP contribution is -2.16. The van der Waals surface area contributed by atoms with Crippen LogP contribution >= 0.6 is 0 Å². The highest BCUT2D eigenvalue weighted by Crippen LogP contribution is 2.39. The molecular weight excluding hydrogens is 633 g/mol. The van der Waals surface area contributed by atoms with E-state index in [-0.39, 0.29) is 22.0 Å². The Morgan fingerprint density at radius 3 is 1.46 bits per heavy atom. The van der Waals surface area contributed by atoms with E-state index in [2.05, 4.69) is 162 Å². The lowest BCUT2D eigenvalue weighted by atomic mass is 9.79. The van der Waals surface area contributed by atoms with Crippen molar-refractivity contribution in [2.75, 3.05) is 0 Å². The minimum absolute atomic E-state index is 0.0217. The molecule has 1 N–H and O–H groups in total. The van der Waals surface area contributed by atoms with Crippen LogP contribution in [0.2, 0.25) is 0 Å². The Morgan fingerprint density at radius 1 is 0.423 bits per heavy atom. The molecule has 0 aliphatic carbocycles. The first-order valence-corrected chi connectivity index (χ1v) is 18.5. The van der Waals surface area contributed by atoms with E-state index in [9.17, 15) is 5.11 Å². The number of benzene rings is 4. The average molecular weight is 687 g/mol. The first kappa shape index (κ1) is 36.8. The molecule has 6 rings (SSSR count). The van der Waals surface area contributed by atoms with Gasteiger partial charge < -0.3 is 5.11 Å². The van der Waals surface area contributed by atoms with Gasteiger partial charge in [-0.15, -0.1) is 0 Å². The van der Waals surface area contributed by atoms with Gasteiger partial charge >= 0.3 is 0 Å². The van der Waals surface area contributed by atoms with Crippen molar-refractivity contribution >= 4 is 0 Å². The quantitative estimate of drug-likeness (QED) is 0.196. The van der Waals surface area contributed by atoms with Crippen LogP contribution in [0.15, 0.2) is 103 Å². The van der Waals surface area contributed by atoms with E-state index in [4.69, 9.17) is 9.97 Å². The monoisotopic (exact) mass is 686 g/mol. The zero-order valence-electron chi connectivity index (χ0n) is 33.2. The average Bonchev–Trinajstić information content (AvgIpc) is 3.06. The molecule has 266 valence electrons. The lowest BCUT2D eigenvalue weighted by molar-refractivity contribution is 0.477. The third-order valence-corrected chi connectivity index (χ3v) is 10.1. The van der Waals surface area contributed by atoms with Crippen molar-refractivity contribution in [3.8, 4) is 61.8 Å². The van der Waals surface area contributed by atoms with Crippen molar-refractivity contribution in [3.05, 3.63) is 137 Å². The van der Waals surface area contributed by atoms with E-state index >= 15 is 0 Å². The fourth-order valence-electron chi connectivity index (χ4n) is 6.98. The minimum atomic E-state index is -0.0217. The number of rotatable bonds is 5. The Hall–Kier alpha value is -5.02. The molecule has 0 fully saturated rings. The Labute approximate surface area is 311 Å². The number of nitrogens with zero attached hydrogens (tertiary/aromatic N) is 2. The molecule has 0 saturated heterocycles. The summed E-state index contributed by atoms with van der Waals surface area (Å²) in [6.45, 7) is 26.9. The van der Waals surface area contributed by atoms with E-state index in [1.54, 1.807) is 6.07 Å². The highest BCUT2D eigenvalue weighted by atomic mass is 16.3.